The lowest BCUT2D eigenvalue weighted by molar-refractivity contribution is -0.144. The Morgan fingerprint density at radius 1 is 0.952 bits per heavy atom. The first kappa shape index (κ1) is 49.9. The largest absolute Gasteiger partial charge is 0.493 e. The number of amides is 5. The molecular weight excluding hydrogens is 809 g/mol. The number of likely N-dealkylation sites (tertiary alicyclic amines) is 1. The lowest BCUT2D eigenvalue weighted by Crippen LogP contribution is -2.59. The van der Waals surface area contributed by atoms with Gasteiger partial charge in [-0.3, -0.25) is 28.8 Å². The Morgan fingerprint density at radius 2 is 1.59 bits per heavy atom. The molecule has 63 heavy (non-hydrogen) atoms. The van der Waals surface area contributed by atoms with E-state index in [0.717, 1.165) is 22.4 Å². The van der Waals surface area contributed by atoms with Crippen LogP contribution in [0.4, 0.5) is 4.79 Å². The van der Waals surface area contributed by atoms with Crippen LogP contribution in [0.1, 0.15) is 116 Å². The van der Waals surface area contributed by atoms with E-state index in [1.807, 2.05) is 32.9 Å². The number of oxime groups is 1. The maximum atomic E-state index is 14.7. The summed E-state index contributed by atoms with van der Waals surface area (Å²) in [6.45, 7) is 17.9. The quantitative estimate of drug-likeness (QED) is 0.184. The normalized spacial score (nSPS) is 18.6. The van der Waals surface area contributed by atoms with E-state index in [4.69, 9.17) is 14.3 Å². The first-order chi connectivity index (χ1) is 29.4. The third-order valence-electron chi connectivity index (χ3n) is 10.9. The maximum absolute atomic E-state index is 14.7. The summed E-state index contributed by atoms with van der Waals surface area (Å²) >= 11 is 0. The van der Waals surface area contributed by atoms with Gasteiger partial charge in [-0.15, -0.1) is 0 Å². The smallest absolute Gasteiger partial charge is 0.408 e. The van der Waals surface area contributed by atoms with Crippen molar-refractivity contribution < 1.29 is 47.9 Å². The Kier molecular flexibility index (Phi) is 16.3. The number of nitrogens with zero attached hydrogens (tertiary/aromatic N) is 3. The number of hydrogen-bond donors (Lipinski definition) is 3. The number of ketones is 2. The summed E-state index contributed by atoms with van der Waals surface area (Å²) in [5.41, 5.74) is 1.03. The van der Waals surface area contributed by atoms with Gasteiger partial charge in [-0.1, -0.05) is 69.6 Å². The second kappa shape index (κ2) is 20.6. The minimum absolute atomic E-state index is 0.0160. The number of likely N-dealkylation sites (N-methyl/N-ethyl adjacent to an activating group) is 1. The average molecular weight is 875 g/mol. The van der Waals surface area contributed by atoms with Crippen molar-refractivity contribution in [2.24, 2.45) is 10.6 Å². The zero-order chi connectivity index (χ0) is 47.0. The van der Waals surface area contributed by atoms with Gasteiger partial charge in [-0.25, -0.2) is 4.79 Å². The molecule has 16 nitrogen and oxygen atoms in total. The molecule has 0 unspecified atom stereocenters. The van der Waals surface area contributed by atoms with Crippen molar-refractivity contribution in [2.45, 2.75) is 137 Å². The van der Waals surface area contributed by atoms with Crippen molar-refractivity contribution in [3.63, 3.8) is 0 Å². The molecule has 0 aromatic heterocycles. The number of rotatable bonds is 17. The van der Waals surface area contributed by atoms with Gasteiger partial charge in [0, 0.05) is 38.9 Å². The number of benzene rings is 2. The number of alkyl carbamates (subject to hydrolysis) is 1. The molecule has 0 saturated carbocycles. The van der Waals surface area contributed by atoms with Crippen LogP contribution in [-0.2, 0) is 38.3 Å². The summed E-state index contributed by atoms with van der Waals surface area (Å²) in [5.74, 6) is -4.11. The molecule has 5 atom stereocenters. The van der Waals surface area contributed by atoms with Crippen LogP contribution in [0.5, 0.6) is 5.75 Å². The Balaban J connectivity index is 1.58. The first-order valence-electron chi connectivity index (χ1n) is 21.6. The first-order valence-corrected chi connectivity index (χ1v) is 21.6. The van der Waals surface area contributed by atoms with Gasteiger partial charge < -0.3 is 40.1 Å². The number of carbonyl (C=O) groups excluding carboxylic acids is 7. The van der Waals surface area contributed by atoms with Gasteiger partial charge in [0.25, 0.3) is 5.91 Å². The van der Waals surface area contributed by atoms with Gasteiger partial charge >= 0.3 is 6.09 Å². The van der Waals surface area contributed by atoms with Crippen molar-refractivity contribution in [2.75, 3.05) is 33.8 Å². The van der Waals surface area contributed by atoms with E-state index in [-0.39, 0.29) is 38.1 Å². The lowest BCUT2D eigenvalue weighted by Gasteiger charge is -2.36. The molecular formula is C47H66N6O10. The molecule has 2 aliphatic rings. The van der Waals surface area contributed by atoms with E-state index < -0.39 is 82.6 Å². The molecule has 4 rings (SSSR count). The third kappa shape index (κ3) is 12.9. The predicted molar refractivity (Wildman–Crippen MR) is 237 cm³/mol. The van der Waals surface area contributed by atoms with Crippen LogP contribution in [0, 0.1) is 19.3 Å². The highest BCUT2D eigenvalue weighted by molar-refractivity contribution is 6.38. The summed E-state index contributed by atoms with van der Waals surface area (Å²) in [6.07, 6.45) is -0.312. The SMILES string of the molecule is CCC[C@H](NC(=O)[C@@H]1C[C@]2(CC(c3cc(C)c(OCC)c(C)c3)=NO2)CN1C(=O)[C@@H](NC(=O)OC(C)(C)C)C(C)(C)C)C(=O)C(=O)NCC(=O)C[C@H](C(=O)N(C)C)c1ccccc1. The molecule has 0 radical (unpaired) electrons. The number of aryl methyl sites for hydroxylation is 2. The van der Waals surface area contributed by atoms with Gasteiger partial charge in [0.1, 0.15) is 23.4 Å². The topological polar surface area (TPSA) is 202 Å². The molecule has 344 valence electrons. The van der Waals surface area contributed by atoms with Crippen LogP contribution in [-0.4, -0.2) is 120 Å². The minimum atomic E-state index is -1.30. The highest BCUT2D eigenvalue weighted by Gasteiger charge is 2.56. The number of ether oxygens (including phenoxy) is 2. The molecule has 2 aromatic rings. The number of nitrogens with one attached hydrogen (secondary N) is 3. The number of hydrogen-bond acceptors (Lipinski definition) is 11. The standard InChI is InChI=1S/C47H66N6O10/c1-13-18-34(37(55)41(57)48-26-32(54)23-33(42(58)52(11)12)30-19-16-15-17-20-30)49-40(56)36-25-47(24-35(51-63-47)31-21-28(3)38(61-14-2)29(4)22-31)27-53(36)43(59)39(45(5,6)7)50-44(60)62-46(8,9)10/h15-17,19-22,33-34,36,39H,13-14,18,23-27H2,1-12H3,(H,48,57)(H,49,56)(H,50,60)/t33-,34-,36-,39+,47+/m0/s1. The van der Waals surface area contributed by atoms with Crippen LogP contribution in [0.2, 0.25) is 0 Å². The molecule has 5 amide bonds. The number of Topliss-reactive ketones (excluding diaryl/α,β-unsaturated/α-hetero) is 2. The second-order valence-electron chi connectivity index (χ2n) is 18.8. The minimum Gasteiger partial charge on any atom is -0.493 e. The number of carbonyl (C=O) groups is 7. The third-order valence-corrected chi connectivity index (χ3v) is 10.9. The summed E-state index contributed by atoms with van der Waals surface area (Å²) in [7, 11) is 3.18. The van der Waals surface area contributed by atoms with Crippen molar-refractivity contribution in [1.82, 2.24) is 25.8 Å². The summed E-state index contributed by atoms with van der Waals surface area (Å²) in [4.78, 5) is 104. The summed E-state index contributed by atoms with van der Waals surface area (Å²) < 4.78 is 11.3. The Morgan fingerprint density at radius 3 is 2.14 bits per heavy atom. The highest BCUT2D eigenvalue weighted by Crippen LogP contribution is 2.41. The average Bonchev–Trinajstić information content (AvgIpc) is 3.80. The zero-order valence-electron chi connectivity index (χ0n) is 38.9. The van der Waals surface area contributed by atoms with Crippen molar-refractivity contribution in [3.05, 3.63) is 64.7 Å². The molecule has 3 N–H and O–H groups in total. The van der Waals surface area contributed by atoms with Gasteiger partial charge in [-0.05, 0) is 82.2 Å². The summed E-state index contributed by atoms with van der Waals surface area (Å²) in [6, 6.07) is 9.06. The molecule has 2 aromatic carbocycles. The Labute approximate surface area is 371 Å². The maximum Gasteiger partial charge on any atom is 0.408 e. The second-order valence-corrected chi connectivity index (χ2v) is 18.8. The molecule has 1 fully saturated rings. The van der Waals surface area contributed by atoms with Gasteiger partial charge in [0.05, 0.1) is 37.4 Å². The van der Waals surface area contributed by atoms with E-state index in [1.54, 1.807) is 92.9 Å². The van der Waals surface area contributed by atoms with Crippen molar-refractivity contribution in [1.29, 1.82) is 0 Å². The fourth-order valence-electron chi connectivity index (χ4n) is 7.91. The Hall–Kier alpha value is -5.80. The van der Waals surface area contributed by atoms with Crippen molar-refractivity contribution >= 4 is 47.0 Å². The molecule has 0 bridgehead atoms. The monoisotopic (exact) mass is 874 g/mol. The highest BCUT2D eigenvalue weighted by atomic mass is 16.7. The van der Waals surface area contributed by atoms with E-state index in [9.17, 15) is 33.6 Å². The van der Waals surface area contributed by atoms with E-state index in [1.165, 1.54) is 9.80 Å². The van der Waals surface area contributed by atoms with Gasteiger partial charge in [-0.2, -0.15) is 0 Å². The van der Waals surface area contributed by atoms with Gasteiger partial charge in [0.2, 0.25) is 23.5 Å². The molecule has 1 spiro atoms. The van der Waals surface area contributed by atoms with Crippen LogP contribution >= 0.6 is 0 Å². The fourth-order valence-corrected chi connectivity index (χ4v) is 7.91. The molecule has 16 heteroatoms. The van der Waals surface area contributed by atoms with Crippen LogP contribution in [0.25, 0.3) is 0 Å². The summed E-state index contributed by atoms with van der Waals surface area (Å²) in [5, 5.41) is 12.3. The van der Waals surface area contributed by atoms with Gasteiger partial charge in [0.15, 0.2) is 11.4 Å². The Bertz CT molecular complexity index is 2050. The van der Waals surface area contributed by atoms with E-state index in [2.05, 4.69) is 21.1 Å². The van der Waals surface area contributed by atoms with Crippen LogP contribution in [0.3, 0.4) is 0 Å². The fraction of sp³-hybridized carbons (Fsp3) is 0.574. The van der Waals surface area contributed by atoms with Crippen LogP contribution in [0.15, 0.2) is 47.6 Å². The zero-order valence-corrected chi connectivity index (χ0v) is 38.9. The van der Waals surface area contributed by atoms with Crippen molar-refractivity contribution in [3.8, 4) is 5.75 Å². The van der Waals surface area contributed by atoms with Crippen LogP contribution < -0.4 is 20.7 Å². The predicted octanol–water partition coefficient (Wildman–Crippen LogP) is 4.91. The molecule has 2 aliphatic heterocycles. The van der Waals surface area contributed by atoms with E-state index in [0.29, 0.717) is 24.3 Å². The molecule has 2 heterocycles. The van der Waals surface area contributed by atoms with E-state index >= 15 is 0 Å². The molecule has 0 aliphatic carbocycles. The molecule has 1 saturated heterocycles. The lowest BCUT2D eigenvalue weighted by atomic mass is 9.85.